The van der Waals surface area contributed by atoms with Crippen molar-refractivity contribution in [3.63, 3.8) is 0 Å². The van der Waals surface area contributed by atoms with Crippen LogP contribution in [-0.2, 0) is 5.41 Å². The SMILES string of the molecule is c1ccc(-c2ccc(C3=NC(n4c5ccccc5c5ccc6c(c54)C(c4ccccc4)(c4ccccc4)c4ccccc4-6)Nc4ccccc43)cc2)cc1. The van der Waals surface area contributed by atoms with Gasteiger partial charge in [0.15, 0.2) is 0 Å². The molecule has 0 amide bonds. The third kappa shape index (κ3) is 4.39. The maximum absolute atomic E-state index is 5.67. The average Bonchev–Trinajstić information content (AvgIpc) is 3.75. The molecule has 0 fully saturated rings. The normalized spacial score (nSPS) is 15.3. The van der Waals surface area contributed by atoms with E-state index in [4.69, 9.17) is 4.99 Å². The summed E-state index contributed by atoms with van der Waals surface area (Å²) in [6, 6.07) is 72.6. The topological polar surface area (TPSA) is 29.3 Å². The van der Waals surface area contributed by atoms with Crippen molar-refractivity contribution in [2.75, 3.05) is 5.32 Å². The van der Waals surface area contributed by atoms with Crippen LogP contribution in [0.5, 0.6) is 0 Å². The van der Waals surface area contributed by atoms with Crippen molar-refractivity contribution in [1.82, 2.24) is 4.57 Å². The number of para-hydroxylation sites is 2. The summed E-state index contributed by atoms with van der Waals surface area (Å²) in [5.41, 5.74) is 16.0. The second-order valence-corrected chi connectivity index (χ2v) is 14.3. The summed E-state index contributed by atoms with van der Waals surface area (Å²) >= 11 is 0. The summed E-state index contributed by atoms with van der Waals surface area (Å²) in [5.74, 6) is 0. The van der Waals surface area contributed by atoms with E-state index in [-0.39, 0.29) is 0 Å². The second-order valence-electron chi connectivity index (χ2n) is 14.3. The Balaban J connectivity index is 1.22. The Morgan fingerprint density at radius 3 is 1.76 bits per heavy atom. The van der Waals surface area contributed by atoms with Gasteiger partial charge in [-0.3, -0.25) is 0 Å². The van der Waals surface area contributed by atoms with E-state index in [1.165, 1.54) is 60.8 Å². The Bertz CT molecular complexity index is 2850. The highest BCUT2D eigenvalue weighted by Crippen LogP contribution is 2.59. The molecule has 1 N–H and O–H groups in total. The largest absolute Gasteiger partial charge is 0.346 e. The van der Waals surface area contributed by atoms with Crippen LogP contribution in [0.2, 0.25) is 0 Å². The molecule has 54 heavy (non-hydrogen) atoms. The number of hydrogen-bond acceptors (Lipinski definition) is 2. The molecule has 11 rings (SSSR count). The highest BCUT2D eigenvalue weighted by Gasteiger charge is 2.48. The van der Waals surface area contributed by atoms with Crippen LogP contribution >= 0.6 is 0 Å². The molecule has 0 spiro atoms. The standard InChI is InChI=1S/C51H35N3/c1-4-16-34(17-5-1)35-28-30-36(31-29-35)48-43-24-11-14-26-45(43)52-50(53-48)54-46-27-15-12-23-40(46)42-33-32-41-39-22-10-13-25-44(39)51(47(41)49(42)54,37-18-6-2-7-19-37)38-20-8-3-9-21-38/h1-33,50,52H. The highest BCUT2D eigenvalue weighted by atomic mass is 15.3. The zero-order valence-electron chi connectivity index (χ0n) is 29.5. The van der Waals surface area contributed by atoms with Gasteiger partial charge in [-0.1, -0.05) is 188 Å². The van der Waals surface area contributed by atoms with Crippen LogP contribution in [0.1, 0.15) is 39.7 Å². The Kier molecular flexibility index (Phi) is 6.83. The second kappa shape index (κ2) is 12.0. The van der Waals surface area contributed by atoms with Gasteiger partial charge >= 0.3 is 0 Å². The number of nitrogens with zero attached hydrogens (tertiary/aromatic N) is 2. The lowest BCUT2D eigenvalue weighted by Crippen LogP contribution is -2.30. The molecule has 9 aromatic rings. The molecule has 2 heterocycles. The molecule has 1 atom stereocenters. The molecule has 3 nitrogen and oxygen atoms in total. The van der Waals surface area contributed by atoms with Gasteiger partial charge in [0.2, 0.25) is 6.29 Å². The Labute approximate surface area is 314 Å². The number of aliphatic imine (C=N–C) groups is 1. The lowest BCUT2D eigenvalue weighted by Gasteiger charge is -2.35. The van der Waals surface area contributed by atoms with E-state index in [1.54, 1.807) is 0 Å². The fourth-order valence-corrected chi connectivity index (χ4v) is 9.25. The molecule has 0 saturated heterocycles. The van der Waals surface area contributed by atoms with Crippen molar-refractivity contribution in [2.45, 2.75) is 11.7 Å². The van der Waals surface area contributed by atoms with Gasteiger partial charge in [0, 0.05) is 33.2 Å². The van der Waals surface area contributed by atoms with Crippen molar-refractivity contribution in [3.8, 4) is 22.3 Å². The van der Waals surface area contributed by atoms with Gasteiger partial charge in [-0.2, -0.15) is 0 Å². The first-order chi connectivity index (χ1) is 26.8. The molecular weight excluding hydrogens is 655 g/mol. The van der Waals surface area contributed by atoms with E-state index in [1.807, 2.05) is 0 Å². The average molecular weight is 690 g/mol. The highest BCUT2D eigenvalue weighted by molar-refractivity contribution is 6.18. The quantitative estimate of drug-likeness (QED) is 0.191. The predicted octanol–water partition coefficient (Wildman–Crippen LogP) is 12.2. The van der Waals surface area contributed by atoms with Gasteiger partial charge in [-0.05, 0) is 51.1 Å². The van der Waals surface area contributed by atoms with E-state index in [0.717, 1.165) is 28.0 Å². The smallest absolute Gasteiger partial charge is 0.201 e. The lowest BCUT2D eigenvalue weighted by atomic mass is 9.67. The lowest BCUT2D eigenvalue weighted by molar-refractivity contribution is 0.620. The van der Waals surface area contributed by atoms with E-state index in [9.17, 15) is 0 Å². The van der Waals surface area contributed by atoms with Crippen molar-refractivity contribution in [2.24, 2.45) is 4.99 Å². The number of hydrogen-bond donors (Lipinski definition) is 1. The number of benzene rings is 8. The first-order valence-electron chi connectivity index (χ1n) is 18.7. The fraction of sp³-hybridized carbons (Fsp3) is 0.0392. The predicted molar refractivity (Wildman–Crippen MR) is 223 cm³/mol. The van der Waals surface area contributed by atoms with Gasteiger partial charge in [0.05, 0.1) is 22.2 Å². The number of aromatic nitrogens is 1. The van der Waals surface area contributed by atoms with Gasteiger partial charge < -0.3 is 9.88 Å². The molecule has 1 aliphatic carbocycles. The molecule has 0 bridgehead atoms. The molecule has 8 aromatic carbocycles. The molecule has 254 valence electrons. The monoisotopic (exact) mass is 689 g/mol. The fourth-order valence-electron chi connectivity index (χ4n) is 9.25. The Morgan fingerprint density at radius 1 is 0.444 bits per heavy atom. The van der Waals surface area contributed by atoms with Gasteiger partial charge in [-0.15, -0.1) is 0 Å². The van der Waals surface area contributed by atoms with E-state index >= 15 is 0 Å². The molecule has 0 saturated carbocycles. The minimum Gasteiger partial charge on any atom is -0.346 e. The van der Waals surface area contributed by atoms with E-state index in [2.05, 4.69) is 210 Å². The van der Waals surface area contributed by atoms with Crippen molar-refractivity contribution in [3.05, 3.63) is 234 Å². The zero-order chi connectivity index (χ0) is 35.6. The van der Waals surface area contributed by atoms with Crippen LogP contribution in [0.3, 0.4) is 0 Å². The zero-order valence-corrected chi connectivity index (χ0v) is 29.5. The Morgan fingerprint density at radius 2 is 1.02 bits per heavy atom. The minimum atomic E-state index is -0.563. The van der Waals surface area contributed by atoms with Crippen molar-refractivity contribution < 1.29 is 0 Å². The van der Waals surface area contributed by atoms with Gasteiger partial charge in [0.25, 0.3) is 0 Å². The summed E-state index contributed by atoms with van der Waals surface area (Å²) in [6.45, 7) is 0. The minimum absolute atomic E-state index is 0.412. The molecular formula is C51H35N3. The first-order valence-corrected chi connectivity index (χ1v) is 18.7. The van der Waals surface area contributed by atoms with Crippen LogP contribution in [0.4, 0.5) is 5.69 Å². The number of fused-ring (bicyclic) bond motifs is 8. The molecule has 3 heteroatoms. The third-order valence-corrected chi connectivity index (χ3v) is 11.5. The summed E-state index contributed by atoms with van der Waals surface area (Å²) in [7, 11) is 0. The number of nitrogens with one attached hydrogen (secondary N) is 1. The maximum Gasteiger partial charge on any atom is 0.201 e. The number of anilines is 1. The summed E-state index contributed by atoms with van der Waals surface area (Å²) in [6.07, 6.45) is -0.412. The molecule has 1 aliphatic heterocycles. The first kappa shape index (κ1) is 30.6. The van der Waals surface area contributed by atoms with Crippen LogP contribution in [-0.4, -0.2) is 10.3 Å². The molecule has 0 radical (unpaired) electrons. The van der Waals surface area contributed by atoms with Crippen LogP contribution in [0, 0.1) is 0 Å². The Hall–Kier alpha value is -6.97. The van der Waals surface area contributed by atoms with Crippen molar-refractivity contribution in [1.29, 1.82) is 0 Å². The maximum atomic E-state index is 5.67. The molecule has 2 aliphatic rings. The van der Waals surface area contributed by atoms with Crippen LogP contribution in [0.25, 0.3) is 44.1 Å². The summed E-state index contributed by atoms with van der Waals surface area (Å²) in [5, 5.41) is 6.35. The van der Waals surface area contributed by atoms with Gasteiger partial charge in [-0.25, -0.2) is 4.99 Å². The van der Waals surface area contributed by atoms with E-state index < -0.39 is 11.7 Å². The number of rotatable bonds is 5. The van der Waals surface area contributed by atoms with E-state index in [0.29, 0.717) is 0 Å². The summed E-state index contributed by atoms with van der Waals surface area (Å²) < 4.78 is 2.48. The molecule has 1 aromatic heterocycles. The summed E-state index contributed by atoms with van der Waals surface area (Å²) in [4.78, 5) is 5.67. The van der Waals surface area contributed by atoms with Crippen LogP contribution < -0.4 is 5.32 Å². The van der Waals surface area contributed by atoms with Crippen LogP contribution in [0.15, 0.2) is 205 Å². The van der Waals surface area contributed by atoms with Gasteiger partial charge in [0.1, 0.15) is 0 Å². The molecule has 1 unspecified atom stereocenters. The van der Waals surface area contributed by atoms with Crippen molar-refractivity contribution >= 4 is 33.2 Å². The third-order valence-electron chi connectivity index (χ3n) is 11.5.